The van der Waals surface area contributed by atoms with E-state index in [9.17, 15) is 18.0 Å². The average Bonchev–Trinajstić information content (AvgIpc) is 3.46. The topological polar surface area (TPSA) is 114 Å². The molecule has 1 heterocycles. The van der Waals surface area contributed by atoms with Crippen LogP contribution in [0.15, 0.2) is 72.8 Å². The summed E-state index contributed by atoms with van der Waals surface area (Å²) in [6.07, 6.45) is 0.243. The number of hydrogen-bond acceptors (Lipinski definition) is 7. The minimum absolute atomic E-state index is 0.0280. The summed E-state index contributed by atoms with van der Waals surface area (Å²) < 4.78 is 43.8. The molecule has 3 aromatic carbocycles. The Hall–Kier alpha value is -4.25. The van der Waals surface area contributed by atoms with Crippen molar-refractivity contribution in [2.45, 2.75) is 32.9 Å². The molecule has 11 heteroatoms. The summed E-state index contributed by atoms with van der Waals surface area (Å²) in [5, 5.41) is 2.84. The van der Waals surface area contributed by atoms with Gasteiger partial charge in [0.2, 0.25) is 28.6 Å². The second kappa shape index (κ2) is 13.4. The molecule has 1 aliphatic heterocycles. The first-order valence-corrected chi connectivity index (χ1v) is 15.0. The lowest BCUT2D eigenvalue weighted by Gasteiger charge is -2.33. The van der Waals surface area contributed by atoms with Crippen LogP contribution in [0.3, 0.4) is 0 Å². The van der Waals surface area contributed by atoms with Crippen molar-refractivity contribution in [1.82, 2.24) is 10.2 Å². The van der Waals surface area contributed by atoms with Gasteiger partial charge in [-0.05, 0) is 49.2 Å². The van der Waals surface area contributed by atoms with Crippen LogP contribution in [0.25, 0.3) is 0 Å². The highest BCUT2D eigenvalue weighted by atomic mass is 32.2. The number of carbonyl (C=O) groups is 2. The number of likely N-dealkylation sites (N-methyl/N-ethyl adjacent to an activating group) is 1. The maximum absolute atomic E-state index is 14.2. The summed E-state index contributed by atoms with van der Waals surface area (Å²) in [5.41, 5.74) is 1.86. The van der Waals surface area contributed by atoms with Gasteiger partial charge < -0.3 is 24.4 Å². The average molecular weight is 582 g/mol. The summed E-state index contributed by atoms with van der Waals surface area (Å²) in [6.45, 7) is 3.27. The van der Waals surface area contributed by atoms with Crippen LogP contribution in [0.5, 0.6) is 17.2 Å². The third-order valence-corrected chi connectivity index (χ3v) is 8.47. The molecule has 0 unspecified atom stereocenters. The highest BCUT2D eigenvalue weighted by Crippen LogP contribution is 2.36. The predicted molar refractivity (Wildman–Crippen MR) is 156 cm³/mol. The maximum atomic E-state index is 14.2. The van der Waals surface area contributed by atoms with Crippen molar-refractivity contribution in [1.29, 1.82) is 0 Å². The van der Waals surface area contributed by atoms with E-state index < -0.39 is 28.5 Å². The molecule has 41 heavy (non-hydrogen) atoms. The van der Waals surface area contributed by atoms with E-state index >= 15 is 0 Å². The molecule has 0 bridgehead atoms. The van der Waals surface area contributed by atoms with Crippen LogP contribution in [0.1, 0.15) is 25.0 Å². The van der Waals surface area contributed by atoms with E-state index in [4.69, 9.17) is 14.2 Å². The van der Waals surface area contributed by atoms with Crippen molar-refractivity contribution in [3.63, 3.8) is 0 Å². The summed E-state index contributed by atoms with van der Waals surface area (Å²) in [4.78, 5) is 29.1. The Morgan fingerprint density at radius 3 is 2.39 bits per heavy atom. The molecule has 3 aromatic rings. The molecule has 4 rings (SSSR count). The summed E-state index contributed by atoms with van der Waals surface area (Å²) >= 11 is 0. The van der Waals surface area contributed by atoms with Gasteiger partial charge in [-0.3, -0.25) is 13.9 Å². The van der Waals surface area contributed by atoms with E-state index in [0.717, 1.165) is 15.4 Å². The number of sulfonamides is 1. The van der Waals surface area contributed by atoms with Gasteiger partial charge in [-0.1, -0.05) is 42.5 Å². The Labute approximate surface area is 240 Å². The Morgan fingerprint density at radius 2 is 1.68 bits per heavy atom. The predicted octanol–water partition coefficient (Wildman–Crippen LogP) is 3.36. The van der Waals surface area contributed by atoms with Gasteiger partial charge in [-0.2, -0.15) is 0 Å². The van der Waals surface area contributed by atoms with Crippen LogP contribution in [-0.2, 0) is 32.6 Å². The number of ether oxygens (including phenoxy) is 3. The fourth-order valence-corrected chi connectivity index (χ4v) is 5.63. The van der Waals surface area contributed by atoms with Gasteiger partial charge in [-0.25, -0.2) is 8.42 Å². The van der Waals surface area contributed by atoms with Gasteiger partial charge in [0.25, 0.3) is 0 Å². The number of benzene rings is 3. The number of hydrogen-bond donors (Lipinski definition) is 1. The van der Waals surface area contributed by atoms with Crippen molar-refractivity contribution in [2.24, 2.45) is 0 Å². The molecule has 0 aliphatic carbocycles. The number of fused-ring (bicyclic) bond motifs is 1. The largest absolute Gasteiger partial charge is 0.497 e. The van der Waals surface area contributed by atoms with Crippen molar-refractivity contribution >= 4 is 27.5 Å². The Morgan fingerprint density at radius 1 is 0.951 bits per heavy atom. The van der Waals surface area contributed by atoms with Crippen LogP contribution >= 0.6 is 0 Å². The first-order valence-electron chi connectivity index (χ1n) is 13.4. The molecule has 0 saturated carbocycles. The highest BCUT2D eigenvalue weighted by Gasteiger charge is 2.34. The number of methoxy groups -OCH3 is 1. The number of nitrogens with zero attached hydrogens (tertiary/aromatic N) is 2. The fourth-order valence-electron chi connectivity index (χ4n) is 4.57. The SMILES string of the molecule is CCNC(=O)[C@@H](Cc1ccccc1)N(Cc1cccc(OC)c1)C(=O)CN(c1ccc2c(c1)OCO2)S(=O)(=O)CC. The van der Waals surface area contributed by atoms with Crippen LogP contribution in [0, 0.1) is 0 Å². The van der Waals surface area contributed by atoms with Crippen molar-refractivity contribution < 1.29 is 32.2 Å². The zero-order valence-corrected chi connectivity index (χ0v) is 24.2. The van der Waals surface area contributed by atoms with E-state index in [2.05, 4.69) is 5.32 Å². The fraction of sp³-hybridized carbons (Fsp3) is 0.333. The molecule has 2 amide bonds. The van der Waals surface area contributed by atoms with Crippen LogP contribution in [-0.4, -0.2) is 63.9 Å². The number of nitrogens with one attached hydrogen (secondary N) is 1. The molecule has 0 radical (unpaired) electrons. The summed E-state index contributed by atoms with van der Waals surface area (Å²) in [6, 6.07) is 20.4. The zero-order valence-electron chi connectivity index (χ0n) is 23.4. The van der Waals surface area contributed by atoms with Gasteiger partial charge in [0.1, 0.15) is 18.3 Å². The lowest BCUT2D eigenvalue weighted by Crippen LogP contribution is -2.53. The molecule has 1 N–H and O–H groups in total. The number of amides is 2. The van der Waals surface area contributed by atoms with Crippen molar-refractivity contribution in [3.05, 3.63) is 83.9 Å². The van der Waals surface area contributed by atoms with Crippen molar-refractivity contribution in [2.75, 3.05) is 37.1 Å². The molecular formula is C30H35N3O7S. The third-order valence-electron chi connectivity index (χ3n) is 6.73. The Bertz CT molecular complexity index is 1460. The molecule has 1 atom stereocenters. The molecular weight excluding hydrogens is 546 g/mol. The second-order valence-electron chi connectivity index (χ2n) is 9.42. The Kier molecular flexibility index (Phi) is 9.72. The monoisotopic (exact) mass is 581 g/mol. The molecule has 0 saturated heterocycles. The smallest absolute Gasteiger partial charge is 0.244 e. The number of carbonyl (C=O) groups excluding carboxylic acids is 2. The zero-order chi connectivity index (χ0) is 29.4. The van der Waals surface area contributed by atoms with E-state index in [0.29, 0.717) is 23.8 Å². The van der Waals surface area contributed by atoms with E-state index in [1.807, 2.05) is 36.4 Å². The molecule has 0 aromatic heterocycles. The lowest BCUT2D eigenvalue weighted by atomic mass is 10.0. The quantitative estimate of drug-likeness (QED) is 0.329. The molecule has 1 aliphatic rings. The Balaban J connectivity index is 1.74. The van der Waals surface area contributed by atoms with E-state index in [1.165, 1.54) is 11.8 Å². The molecule has 218 valence electrons. The minimum atomic E-state index is -3.89. The van der Waals surface area contributed by atoms with Gasteiger partial charge in [0, 0.05) is 25.6 Å². The first kappa shape index (κ1) is 29.7. The highest BCUT2D eigenvalue weighted by molar-refractivity contribution is 7.92. The van der Waals surface area contributed by atoms with Gasteiger partial charge >= 0.3 is 0 Å². The van der Waals surface area contributed by atoms with Crippen molar-refractivity contribution in [3.8, 4) is 17.2 Å². The van der Waals surface area contributed by atoms with Crippen LogP contribution in [0.4, 0.5) is 5.69 Å². The second-order valence-corrected chi connectivity index (χ2v) is 11.6. The maximum Gasteiger partial charge on any atom is 0.244 e. The van der Waals surface area contributed by atoms with Gasteiger partial charge in [0.15, 0.2) is 11.5 Å². The number of rotatable bonds is 13. The summed E-state index contributed by atoms with van der Waals surface area (Å²) in [5.74, 6) is 0.392. The van der Waals surface area contributed by atoms with Gasteiger partial charge in [0.05, 0.1) is 18.6 Å². The minimum Gasteiger partial charge on any atom is -0.497 e. The number of anilines is 1. The normalized spacial score (nSPS) is 12.9. The summed E-state index contributed by atoms with van der Waals surface area (Å²) in [7, 11) is -2.34. The first-order chi connectivity index (χ1) is 19.7. The van der Waals surface area contributed by atoms with Crippen LogP contribution < -0.4 is 23.8 Å². The molecule has 10 nitrogen and oxygen atoms in total. The lowest BCUT2D eigenvalue weighted by molar-refractivity contribution is -0.140. The van der Waals surface area contributed by atoms with Gasteiger partial charge in [-0.15, -0.1) is 0 Å². The van der Waals surface area contributed by atoms with E-state index in [-0.39, 0.29) is 37.1 Å². The van der Waals surface area contributed by atoms with E-state index in [1.54, 1.807) is 50.4 Å². The molecule has 0 fully saturated rings. The third kappa shape index (κ3) is 7.29. The standard InChI is InChI=1S/C30H35N3O7S/c1-4-31-30(35)26(17-22-10-7-6-8-11-22)32(19-23-12-9-13-25(16-23)38-3)29(34)20-33(41(36,37)5-2)24-14-15-27-28(18-24)40-21-39-27/h6-16,18,26H,4-5,17,19-21H2,1-3H3,(H,31,35)/t26-/m1/s1. The van der Waals surface area contributed by atoms with Crippen LogP contribution in [0.2, 0.25) is 0 Å². The molecule has 0 spiro atoms.